The van der Waals surface area contributed by atoms with Crippen LogP contribution in [0.4, 0.5) is 0 Å². The van der Waals surface area contributed by atoms with Crippen molar-refractivity contribution in [2.24, 2.45) is 5.92 Å². The van der Waals surface area contributed by atoms with Crippen LogP contribution < -0.4 is 28.1 Å². The summed E-state index contributed by atoms with van der Waals surface area (Å²) in [5.41, 5.74) is 11.0. The molecule has 1 atom stereocenters. The molecular formula is C36H28Cl2OZr. The van der Waals surface area contributed by atoms with Crippen molar-refractivity contribution in [1.82, 2.24) is 0 Å². The first-order valence-corrected chi connectivity index (χ1v) is 17.0. The second-order valence-electron chi connectivity index (χ2n) is 10.1. The van der Waals surface area contributed by atoms with E-state index in [4.69, 9.17) is 4.42 Å². The number of benzene rings is 4. The predicted molar refractivity (Wildman–Crippen MR) is 154 cm³/mol. The molecule has 0 bridgehead atoms. The third-order valence-corrected chi connectivity index (χ3v) is 16.1. The summed E-state index contributed by atoms with van der Waals surface area (Å²) in [7, 11) is 0. The van der Waals surface area contributed by atoms with Gasteiger partial charge >= 0.3 is 233 Å². The number of fused-ring (bicyclic) bond motifs is 3. The second-order valence-corrected chi connectivity index (χ2v) is 15.9. The number of allylic oxidation sites excluding steroid dienone is 4. The molecule has 1 nitrogen and oxygen atoms in total. The summed E-state index contributed by atoms with van der Waals surface area (Å²) in [5, 5.41) is 0. The van der Waals surface area contributed by atoms with Gasteiger partial charge in [0.1, 0.15) is 0 Å². The fourth-order valence-electron chi connectivity index (χ4n) is 6.17. The van der Waals surface area contributed by atoms with Gasteiger partial charge in [0.25, 0.3) is 0 Å². The first kappa shape index (κ1) is 28.5. The van der Waals surface area contributed by atoms with Gasteiger partial charge in [-0.2, -0.15) is 0 Å². The Balaban J connectivity index is 0.00000161. The van der Waals surface area contributed by atoms with Crippen molar-refractivity contribution < 1.29 is 50.5 Å². The van der Waals surface area contributed by atoms with E-state index in [9.17, 15) is 0 Å². The van der Waals surface area contributed by atoms with Crippen molar-refractivity contribution >= 4 is 12.1 Å². The summed E-state index contributed by atoms with van der Waals surface area (Å²) < 4.78 is 10.4. The maximum Gasteiger partial charge on any atom is -1.00 e. The summed E-state index contributed by atoms with van der Waals surface area (Å²) in [6, 6.07) is 40.4. The molecule has 2 aliphatic rings. The van der Waals surface area contributed by atoms with Crippen LogP contribution in [0.2, 0.25) is 0 Å². The Bertz CT molecular complexity index is 1690. The Kier molecular flexibility index (Phi) is 8.72. The van der Waals surface area contributed by atoms with Gasteiger partial charge in [-0.15, -0.1) is 0 Å². The molecule has 0 radical (unpaired) electrons. The second kappa shape index (κ2) is 12.2. The summed E-state index contributed by atoms with van der Waals surface area (Å²) >= 11 is -2.81. The van der Waals surface area contributed by atoms with Gasteiger partial charge in [0, 0.05) is 0 Å². The number of rotatable bonds is 5. The van der Waals surface area contributed by atoms with E-state index in [0.29, 0.717) is 5.92 Å². The molecule has 0 amide bonds. The van der Waals surface area contributed by atoms with Crippen molar-refractivity contribution in [1.29, 1.82) is 0 Å². The average Bonchev–Trinajstić information content (AvgIpc) is 3.71. The molecule has 7 rings (SSSR count). The maximum absolute atomic E-state index is 5.59. The van der Waals surface area contributed by atoms with Gasteiger partial charge in [-0.3, -0.25) is 0 Å². The van der Waals surface area contributed by atoms with Gasteiger partial charge in [-0.05, 0) is 0 Å². The van der Waals surface area contributed by atoms with E-state index in [1.54, 1.807) is 16.0 Å². The van der Waals surface area contributed by atoms with Gasteiger partial charge in [-0.25, -0.2) is 0 Å². The van der Waals surface area contributed by atoms with Crippen LogP contribution in [0.1, 0.15) is 34.7 Å². The molecule has 40 heavy (non-hydrogen) atoms. The van der Waals surface area contributed by atoms with Crippen LogP contribution in [0.3, 0.4) is 0 Å². The quantitative estimate of drug-likeness (QED) is 0.282. The monoisotopic (exact) mass is 636 g/mol. The van der Waals surface area contributed by atoms with Gasteiger partial charge in [0.05, 0.1) is 0 Å². The normalized spacial score (nSPS) is 14.4. The number of hydrogen-bond donors (Lipinski definition) is 0. The minimum Gasteiger partial charge on any atom is -1.00 e. The van der Waals surface area contributed by atoms with E-state index >= 15 is 0 Å². The molecule has 0 saturated heterocycles. The Morgan fingerprint density at radius 1 is 0.725 bits per heavy atom. The van der Waals surface area contributed by atoms with E-state index < -0.39 is 21.3 Å². The molecule has 5 aromatic rings. The van der Waals surface area contributed by atoms with Gasteiger partial charge in [0.15, 0.2) is 0 Å². The Hall–Kier alpha value is -3.03. The largest absolute Gasteiger partial charge is 1.00 e. The number of furan rings is 1. The van der Waals surface area contributed by atoms with Crippen LogP contribution in [0.5, 0.6) is 0 Å². The van der Waals surface area contributed by atoms with Gasteiger partial charge in [-0.1, -0.05) is 0 Å². The van der Waals surface area contributed by atoms with E-state index in [1.807, 2.05) is 6.26 Å². The van der Waals surface area contributed by atoms with Crippen LogP contribution in [0.25, 0.3) is 16.7 Å². The molecular weight excluding hydrogens is 611 g/mol. The third-order valence-electron chi connectivity index (χ3n) is 7.89. The first-order valence-electron chi connectivity index (χ1n) is 13.3. The smallest absolute Gasteiger partial charge is 1.00 e. The molecule has 1 unspecified atom stereocenters. The van der Waals surface area contributed by atoms with Gasteiger partial charge < -0.3 is 24.8 Å². The number of hydrogen-bond acceptors (Lipinski definition) is 1. The van der Waals surface area contributed by atoms with E-state index in [1.165, 1.54) is 44.5 Å². The molecule has 0 N–H and O–H groups in total. The maximum atomic E-state index is 5.59. The first-order chi connectivity index (χ1) is 18.8. The molecule has 0 spiro atoms. The molecule has 0 fully saturated rings. The molecule has 196 valence electrons. The van der Waals surface area contributed by atoms with Crippen LogP contribution in [-0.4, -0.2) is 3.21 Å². The summed E-state index contributed by atoms with van der Waals surface area (Å²) in [4.78, 5) is 0. The van der Waals surface area contributed by atoms with Gasteiger partial charge in [0.2, 0.25) is 0 Å². The minimum atomic E-state index is -2.81. The Morgan fingerprint density at radius 2 is 1.38 bits per heavy atom. The zero-order chi connectivity index (χ0) is 25.5. The van der Waals surface area contributed by atoms with Crippen LogP contribution in [0.15, 0.2) is 142 Å². The Morgan fingerprint density at radius 3 is 2.05 bits per heavy atom. The molecule has 0 aliphatic heterocycles. The molecule has 2 aliphatic carbocycles. The fourth-order valence-corrected chi connectivity index (χ4v) is 15.0. The summed E-state index contributed by atoms with van der Waals surface area (Å²) in [6.45, 7) is 2.38. The molecule has 1 aromatic heterocycles. The minimum absolute atomic E-state index is 0. The number of halogens is 2. The van der Waals surface area contributed by atoms with E-state index in [-0.39, 0.29) is 24.8 Å². The van der Waals surface area contributed by atoms with E-state index in [0.717, 1.165) is 6.42 Å². The molecule has 0 saturated carbocycles. The zero-order valence-electron chi connectivity index (χ0n) is 22.2. The van der Waals surface area contributed by atoms with Crippen LogP contribution in [0, 0.1) is 5.92 Å². The van der Waals surface area contributed by atoms with Crippen LogP contribution >= 0.6 is 0 Å². The molecule has 1 heterocycles. The zero-order valence-corrected chi connectivity index (χ0v) is 26.1. The topological polar surface area (TPSA) is 13.1 Å². The summed E-state index contributed by atoms with van der Waals surface area (Å²) in [6.07, 6.45) is 9.46. The van der Waals surface area contributed by atoms with E-state index in [2.05, 4.69) is 128 Å². The molecule has 4 aromatic carbocycles. The van der Waals surface area contributed by atoms with Crippen molar-refractivity contribution in [3.05, 3.63) is 165 Å². The third kappa shape index (κ3) is 4.99. The van der Waals surface area contributed by atoms with Crippen LogP contribution in [-0.2, 0) is 27.7 Å². The standard InChI is InChI=1S/C13H9.C13H10.C10H9O.2ClH.Zr/c1-3-7-12-10(5-1)9-11-6-2-4-8-13(11)12;1-3-7-12(8-4-1)11-13-9-5-2-6-10-13;1-8-2-3-9(6-8)10-4-5-11-7-10;;;/h1-5,7-8H,9H2;1-10H;2-5,7-8H,1H3;2*1H;/q;;;;;+2/p-2. The molecule has 4 heteroatoms. The SMILES string of the molecule is CC1C=CC(c2ccoc2)=[C]1[Zr+2](=[C](c1ccccc1)c1ccccc1)[c]1cccc2c1Cc1ccccc1-2.[Cl-].[Cl-]. The van der Waals surface area contributed by atoms with Crippen molar-refractivity contribution in [2.45, 2.75) is 13.3 Å². The van der Waals surface area contributed by atoms with Crippen molar-refractivity contribution in [2.75, 3.05) is 0 Å². The fraction of sp³-hybridized carbons (Fsp3) is 0.0833. The average molecular weight is 639 g/mol. The Labute approximate surface area is 256 Å². The van der Waals surface area contributed by atoms with Crippen molar-refractivity contribution in [3.63, 3.8) is 0 Å². The summed E-state index contributed by atoms with van der Waals surface area (Å²) in [5.74, 6) is 0.386. The predicted octanol–water partition coefficient (Wildman–Crippen LogP) is 1.99. The van der Waals surface area contributed by atoms with Crippen molar-refractivity contribution in [3.8, 4) is 11.1 Å².